The van der Waals surface area contributed by atoms with Gasteiger partial charge in [0.2, 0.25) is 0 Å². The highest BCUT2D eigenvalue weighted by atomic mass is 79.9. The van der Waals surface area contributed by atoms with Crippen LogP contribution in [0.15, 0.2) is 22.7 Å². The van der Waals surface area contributed by atoms with E-state index in [1.807, 2.05) is 13.8 Å². The van der Waals surface area contributed by atoms with E-state index in [0.29, 0.717) is 5.69 Å². The summed E-state index contributed by atoms with van der Waals surface area (Å²) in [5.74, 6) is -1.06. The second-order valence-corrected chi connectivity index (χ2v) is 6.38. The molecule has 1 heterocycles. The predicted molar refractivity (Wildman–Crippen MR) is 84.7 cm³/mol. The molecular weight excluding hydrogens is 336 g/mol. The summed E-state index contributed by atoms with van der Waals surface area (Å²) in [7, 11) is 0. The summed E-state index contributed by atoms with van der Waals surface area (Å²) >= 11 is 3.30. The number of amides is 2. The molecule has 1 aliphatic heterocycles. The molecule has 1 aromatic rings. The molecule has 2 N–H and O–H groups in total. The molecule has 21 heavy (non-hydrogen) atoms. The summed E-state index contributed by atoms with van der Waals surface area (Å²) in [6.07, 6.45) is 3.06. The number of carbonyl (C=O) groups excluding carboxylic acids is 1. The number of carboxylic acids is 1. The van der Waals surface area contributed by atoms with Crippen molar-refractivity contribution < 1.29 is 14.7 Å². The number of likely N-dealkylation sites (tertiary alicyclic amines) is 1. The Balaban J connectivity index is 2.23. The van der Waals surface area contributed by atoms with E-state index in [4.69, 9.17) is 0 Å². The summed E-state index contributed by atoms with van der Waals surface area (Å²) in [6, 6.07) is 4.82. The number of piperidine rings is 1. The molecule has 1 aliphatic rings. The second-order valence-electron chi connectivity index (χ2n) is 5.46. The third kappa shape index (κ3) is 3.56. The SMILES string of the molecule is C[C@@H]1CCC[C@H](C)N1C(=O)Nc1cc(Br)ccc1C(=O)O. The first-order valence-corrected chi connectivity index (χ1v) is 7.81. The zero-order valence-electron chi connectivity index (χ0n) is 12.1. The van der Waals surface area contributed by atoms with Gasteiger partial charge in [-0.2, -0.15) is 0 Å². The van der Waals surface area contributed by atoms with Crippen molar-refractivity contribution in [2.24, 2.45) is 0 Å². The van der Waals surface area contributed by atoms with E-state index in [9.17, 15) is 14.7 Å². The minimum atomic E-state index is -1.06. The molecule has 0 aliphatic carbocycles. The minimum Gasteiger partial charge on any atom is -0.478 e. The van der Waals surface area contributed by atoms with Gasteiger partial charge >= 0.3 is 12.0 Å². The van der Waals surface area contributed by atoms with Crippen molar-refractivity contribution in [1.29, 1.82) is 0 Å². The molecule has 0 saturated carbocycles. The number of carboxylic acid groups (broad SMARTS) is 1. The molecule has 1 saturated heterocycles. The molecule has 0 spiro atoms. The number of nitrogens with one attached hydrogen (secondary N) is 1. The van der Waals surface area contributed by atoms with Gasteiger partial charge in [0.15, 0.2) is 0 Å². The van der Waals surface area contributed by atoms with Crippen LogP contribution in [0.5, 0.6) is 0 Å². The number of halogens is 1. The van der Waals surface area contributed by atoms with Gasteiger partial charge in [-0.05, 0) is 51.3 Å². The van der Waals surface area contributed by atoms with Crippen LogP contribution in [0.2, 0.25) is 0 Å². The number of carbonyl (C=O) groups is 2. The minimum absolute atomic E-state index is 0.0869. The van der Waals surface area contributed by atoms with Crippen LogP contribution in [0.3, 0.4) is 0 Å². The Bertz CT molecular complexity index is 552. The van der Waals surface area contributed by atoms with Gasteiger partial charge in [0.25, 0.3) is 0 Å². The highest BCUT2D eigenvalue weighted by Gasteiger charge is 2.29. The molecule has 0 radical (unpaired) electrons. The number of urea groups is 1. The summed E-state index contributed by atoms with van der Waals surface area (Å²) in [5, 5.41) is 11.9. The molecule has 6 heteroatoms. The van der Waals surface area contributed by atoms with Crippen LogP contribution in [-0.2, 0) is 0 Å². The zero-order chi connectivity index (χ0) is 15.6. The van der Waals surface area contributed by atoms with E-state index in [1.165, 1.54) is 6.07 Å². The van der Waals surface area contributed by atoms with E-state index < -0.39 is 5.97 Å². The van der Waals surface area contributed by atoms with Gasteiger partial charge in [-0.3, -0.25) is 0 Å². The van der Waals surface area contributed by atoms with E-state index >= 15 is 0 Å². The van der Waals surface area contributed by atoms with Crippen LogP contribution >= 0.6 is 15.9 Å². The molecule has 114 valence electrons. The van der Waals surface area contributed by atoms with Gasteiger partial charge in [0, 0.05) is 16.6 Å². The standard InChI is InChI=1S/C15H19BrN2O3/c1-9-4-3-5-10(2)18(9)15(21)17-13-8-11(16)6-7-12(13)14(19)20/h6-10H,3-5H2,1-2H3,(H,17,21)(H,19,20)/t9-,10+. The molecule has 0 unspecified atom stereocenters. The van der Waals surface area contributed by atoms with Crippen molar-refractivity contribution in [3.05, 3.63) is 28.2 Å². The Kier molecular flexibility index (Phi) is 4.88. The van der Waals surface area contributed by atoms with Crippen LogP contribution in [-0.4, -0.2) is 34.1 Å². The van der Waals surface area contributed by atoms with Crippen LogP contribution in [0, 0.1) is 0 Å². The lowest BCUT2D eigenvalue weighted by Crippen LogP contribution is -2.49. The first kappa shape index (κ1) is 15.8. The number of rotatable bonds is 2. The number of anilines is 1. The molecular formula is C15H19BrN2O3. The Labute approximate surface area is 132 Å². The van der Waals surface area contributed by atoms with Gasteiger partial charge in [-0.1, -0.05) is 15.9 Å². The molecule has 0 bridgehead atoms. The number of benzene rings is 1. The van der Waals surface area contributed by atoms with Crippen molar-refractivity contribution >= 4 is 33.6 Å². The van der Waals surface area contributed by atoms with Crippen LogP contribution in [0.25, 0.3) is 0 Å². The van der Waals surface area contributed by atoms with Crippen molar-refractivity contribution in [2.45, 2.75) is 45.2 Å². The lowest BCUT2D eigenvalue weighted by atomic mass is 9.98. The Morgan fingerprint density at radius 3 is 2.48 bits per heavy atom. The topological polar surface area (TPSA) is 69.6 Å². The molecule has 1 aromatic carbocycles. The fourth-order valence-electron chi connectivity index (χ4n) is 2.81. The third-order valence-corrected chi connectivity index (χ3v) is 4.37. The van der Waals surface area contributed by atoms with E-state index in [0.717, 1.165) is 23.7 Å². The first-order chi connectivity index (χ1) is 9.90. The largest absolute Gasteiger partial charge is 0.478 e. The molecule has 5 nitrogen and oxygen atoms in total. The average Bonchev–Trinajstić information content (AvgIpc) is 2.38. The van der Waals surface area contributed by atoms with Gasteiger partial charge in [0.05, 0.1) is 11.3 Å². The molecule has 1 fully saturated rings. The van der Waals surface area contributed by atoms with Crippen molar-refractivity contribution in [1.82, 2.24) is 4.90 Å². The molecule has 2 amide bonds. The van der Waals surface area contributed by atoms with Crippen molar-refractivity contribution in [3.63, 3.8) is 0 Å². The third-order valence-electron chi connectivity index (χ3n) is 3.88. The zero-order valence-corrected chi connectivity index (χ0v) is 13.7. The van der Waals surface area contributed by atoms with Gasteiger partial charge in [0.1, 0.15) is 0 Å². The maximum Gasteiger partial charge on any atom is 0.337 e. The second kappa shape index (κ2) is 6.47. The lowest BCUT2D eigenvalue weighted by Gasteiger charge is -2.39. The van der Waals surface area contributed by atoms with Gasteiger partial charge in [-0.15, -0.1) is 0 Å². The van der Waals surface area contributed by atoms with Crippen LogP contribution in [0.1, 0.15) is 43.5 Å². The lowest BCUT2D eigenvalue weighted by molar-refractivity contribution is 0.0698. The number of nitrogens with zero attached hydrogens (tertiary/aromatic N) is 1. The average molecular weight is 355 g/mol. The Morgan fingerprint density at radius 2 is 1.90 bits per heavy atom. The van der Waals surface area contributed by atoms with Gasteiger partial charge in [-0.25, -0.2) is 9.59 Å². The number of aromatic carboxylic acids is 1. The smallest absolute Gasteiger partial charge is 0.337 e. The number of hydrogen-bond acceptors (Lipinski definition) is 2. The molecule has 0 aromatic heterocycles. The molecule has 2 rings (SSSR count). The monoisotopic (exact) mass is 354 g/mol. The highest BCUT2D eigenvalue weighted by Crippen LogP contribution is 2.26. The normalized spacial score (nSPS) is 22.0. The summed E-state index contributed by atoms with van der Waals surface area (Å²) in [5.41, 5.74) is 0.399. The number of hydrogen-bond donors (Lipinski definition) is 2. The maximum atomic E-state index is 12.5. The van der Waals surface area contributed by atoms with Crippen LogP contribution in [0.4, 0.5) is 10.5 Å². The Hall–Kier alpha value is -1.56. The Morgan fingerprint density at radius 1 is 1.29 bits per heavy atom. The predicted octanol–water partition coefficient (Wildman–Crippen LogP) is 3.94. The van der Waals surface area contributed by atoms with E-state index in [1.54, 1.807) is 17.0 Å². The van der Waals surface area contributed by atoms with E-state index in [2.05, 4.69) is 21.2 Å². The fourth-order valence-corrected chi connectivity index (χ4v) is 3.17. The summed E-state index contributed by atoms with van der Waals surface area (Å²) < 4.78 is 0.725. The summed E-state index contributed by atoms with van der Waals surface area (Å²) in [6.45, 7) is 4.04. The quantitative estimate of drug-likeness (QED) is 0.844. The van der Waals surface area contributed by atoms with Crippen molar-refractivity contribution in [2.75, 3.05) is 5.32 Å². The highest BCUT2D eigenvalue weighted by molar-refractivity contribution is 9.10. The summed E-state index contributed by atoms with van der Waals surface area (Å²) in [4.78, 5) is 25.5. The van der Waals surface area contributed by atoms with E-state index in [-0.39, 0.29) is 23.7 Å². The fraction of sp³-hybridized carbons (Fsp3) is 0.467. The van der Waals surface area contributed by atoms with Crippen molar-refractivity contribution in [3.8, 4) is 0 Å². The van der Waals surface area contributed by atoms with Gasteiger partial charge < -0.3 is 15.3 Å². The maximum absolute atomic E-state index is 12.5. The molecule has 2 atom stereocenters. The van der Waals surface area contributed by atoms with Crippen LogP contribution < -0.4 is 5.32 Å². The first-order valence-electron chi connectivity index (χ1n) is 7.02.